The highest BCUT2D eigenvalue weighted by molar-refractivity contribution is 6.07. The minimum atomic E-state index is -1.26. The van der Waals surface area contributed by atoms with E-state index in [9.17, 15) is 9.59 Å². The number of nitrogens with one attached hydrogen (secondary N) is 1. The number of nitrogens with zero attached hydrogens (tertiary/aromatic N) is 1. The first-order valence-electron chi connectivity index (χ1n) is 4.88. The molecule has 0 aliphatic carbocycles. The molecule has 0 bridgehead atoms. The average Bonchev–Trinajstić information content (AvgIpc) is 2.57. The van der Waals surface area contributed by atoms with Gasteiger partial charge in [-0.05, 0) is 25.5 Å². The number of carbonyl (C=O) groups is 2. The number of fused-ring (bicyclic) bond motifs is 1. The number of imidazole rings is 1. The van der Waals surface area contributed by atoms with Crippen molar-refractivity contribution >= 4 is 23.0 Å². The van der Waals surface area contributed by atoms with Gasteiger partial charge in [-0.15, -0.1) is 0 Å². The molecule has 3 N–H and O–H groups in total. The van der Waals surface area contributed by atoms with Crippen LogP contribution in [0.2, 0.25) is 0 Å². The van der Waals surface area contributed by atoms with Gasteiger partial charge in [0.25, 0.3) is 0 Å². The van der Waals surface area contributed by atoms with Crippen molar-refractivity contribution in [3.63, 3.8) is 0 Å². The lowest BCUT2D eigenvalue weighted by Gasteiger charge is -2.05. The molecule has 0 unspecified atom stereocenters. The Kier molecular flexibility index (Phi) is 2.35. The Labute approximate surface area is 95.9 Å². The molecule has 6 nitrogen and oxygen atoms in total. The highest BCUT2D eigenvalue weighted by atomic mass is 16.4. The van der Waals surface area contributed by atoms with E-state index >= 15 is 0 Å². The molecule has 0 aliphatic heterocycles. The van der Waals surface area contributed by atoms with Crippen LogP contribution >= 0.6 is 0 Å². The number of carboxylic acids is 2. The van der Waals surface area contributed by atoms with Crippen molar-refractivity contribution in [1.82, 2.24) is 9.97 Å². The van der Waals surface area contributed by atoms with Crippen LogP contribution in [-0.2, 0) is 0 Å². The molecule has 1 heterocycles. The van der Waals surface area contributed by atoms with Crippen LogP contribution in [0.25, 0.3) is 11.0 Å². The molecular formula is C11H10N2O4. The number of benzene rings is 1. The third-order valence-electron chi connectivity index (χ3n) is 2.58. The zero-order valence-corrected chi connectivity index (χ0v) is 9.24. The summed E-state index contributed by atoms with van der Waals surface area (Å²) in [6, 6.07) is 1.30. The van der Waals surface area contributed by atoms with Crippen LogP contribution in [0.1, 0.15) is 32.1 Å². The molecule has 1 aromatic carbocycles. The maximum Gasteiger partial charge on any atom is 0.336 e. The maximum atomic E-state index is 11.1. The lowest BCUT2D eigenvalue weighted by molar-refractivity contribution is 0.0651. The van der Waals surface area contributed by atoms with E-state index in [1.807, 2.05) is 0 Å². The molecule has 0 saturated heterocycles. The number of aromatic nitrogens is 2. The molecular weight excluding hydrogens is 224 g/mol. The van der Waals surface area contributed by atoms with Gasteiger partial charge in [0.2, 0.25) is 0 Å². The fraction of sp³-hybridized carbons (Fsp3) is 0.182. The van der Waals surface area contributed by atoms with Gasteiger partial charge in [-0.3, -0.25) is 0 Å². The van der Waals surface area contributed by atoms with Gasteiger partial charge >= 0.3 is 11.9 Å². The quantitative estimate of drug-likeness (QED) is 0.731. The zero-order valence-electron chi connectivity index (χ0n) is 9.24. The van der Waals surface area contributed by atoms with Crippen LogP contribution < -0.4 is 0 Å². The molecule has 2 rings (SSSR count). The lowest BCUT2D eigenvalue weighted by Crippen LogP contribution is -2.10. The minimum absolute atomic E-state index is 0.212. The van der Waals surface area contributed by atoms with Gasteiger partial charge in [-0.25, -0.2) is 14.6 Å². The fourth-order valence-electron chi connectivity index (χ4n) is 1.88. The van der Waals surface area contributed by atoms with Crippen molar-refractivity contribution in [2.24, 2.45) is 0 Å². The van der Waals surface area contributed by atoms with E-state index < -0.39 is 11.9 Å². The van der Waals surface area contributed by atoms with Crippen molar-refractivity contribution in [3.05, 3.63) is 28.6 Å². The Morgan fingerprint density at radius 1 is 1.24 bits per heavy atom. The Hall–Kier alpha value is -2.37. The molecule has 0 radical (unpaired) electrons. The third-order valence-corrected chi connectivity index (χ3v) is 2.58. The Morgan fingerprint density at radius 2 is 1.88 bits per heavy atom. The summed E-state index contributed by atoms with van der Waals surface area (Å²) in [5.74, 6) is -1.91. The molecule has 0 atom stereocenters. The predicted octanol–water partition coefficient (Wildman–Crippen LogP) is 1.58. The normalized spacial score (nSPS) is 10.7. The van der Waals surface area contributed by atoms with Crippen molar-refractivity contribution in [3.8, 4) is 0 Å². The maximum absolute atomic E-state index is 11.1. The molecule has 88 valence electrons. The predicted molar refractivity (Wildman–Crippen MR) is 59.5 cm³/mol. The van der Waals surface area contributed by atoms with E-state index in [0.717, 1.165) is 0 Å². The number of aromatic carboxylic acids is 2. The lowest BCUT2D eigenvalue weighted by atomic mass is 10.0. The van der Waals surface area contributed by atoms with Gasteiger partial charge in [0.1, 0.15) is 5.82 Å². The van der Waals surface area contributed by atoms with E-state index in [1.54, 1.807) is 13.8 Å². The van der Waals surface area contributed by atoms with Crippen molar-refractivity contribution in [1.29, 1.82) is 0 Å². The summed E-state index contributed by atoms with van der Waals surface area (Å²) >= 11 is 0. The van der Waals surface area contributed by atoms with E-state index in [1.165, 1.54) is 6.07 Å². The first-order valence-corrected chi connectivity index (χ1v) is 4.88. The number of rotatable bonds is 2. The number of aromatic amines is 1. The van der Waals surface area contributed by atoms with E-state index in [-0.39, 0.29) is 11.1 Å². The molecule has 0 fully saturated rings. The summed E-state index contributed by atoms with van der Waals surface area (Å²) in [7, 11) is 0. The smallest absolute Gasteiger partial charge is 0.336 e. The Bertz CT molecular complexity index is 642. The van der Waals surface area contributed by atoms with Crippen LogP contribution in [-0.4, -0.2) is 32.1 Å². The second kappa shape index (κ2) is 3.58. The second-order valence-corrected chi connectivity index (χ2v) is 3.75. The highest BCUT2D eigenvalue weighted by Gasteiger charge is 2.22. The van der Waals surface area contributed by atoms with Crippen molar-refractivity contribution in [2.75, 3.05) is 0 Å². The first kappa shape index (κ1) is 11.1. The van der Waals surface area contributed by atoms with Crippen LogP contribution in [0.3, 0.4) is 0 Å². The Balaban J connectivity index is 2.92. The standard InChI is InChI=1S/C11H10N2O4/c1-4-8(11(16)17)6(10(14)15)3-7-9(4)13-5(2)12-7/h3H,1-2H3,(H,12,13)(H,14,15)(H,16,17). The number of H-pyrrole nitrogens is 1. The van der Waals surface area contributed by atoms with Gasteiger partial charge in [-0.2, -0.15) is 0 Å². The van der Waals surface area contributed by atoms with Crippen LogP contribution in [0.4, 0.5) is 0 Å². The highest BCUT2D eigenvalue weighted by Crippen LogP contribution is 2.24. The van der Waals surface area contributed by atoms with Gasteiger partial charge in [0.15, 0.2) is 0 Å². The molecule has 0 spiro atoms. The number of aryl methyl sites for hydroxylation is 2. The minimum Gasteiger partial charge on any atom is -0.478 e. The van der Waals surface area contributed by atoms with Gasteiger partial charge in [0, 0.05) is 0 Å². The summed E-state index contributed by atoms with van der Waals surface area (Å²) in [6.45, 7) is 3.28. The summed E-state index contributed by atoms with van der Waals surface area (Å²) in [4.78, 5) is 29.2. The molecule has 0 amide bonds. The second-order valence-electron chi connectivity index (χ2n) is 3.75. The van der Waals surface area contributed by atoms with E-state index in [2.05, 4.69) is 9.97 Å². The summed E-state index contributed by atoms with van der Waals surface area (Å²) in [6.07, 6.45) is 0. The topological polar surface area (TPSA) is 103 Å². The summed E-state index contributed by atoms with van der Waals surface area (Å²) in [5.41, 5.74) is 0.937. The van der Waals surface area contributed by atoms with Gasteiger partial charge < -0.3 is 15.2 Å². The number of hydrogen-bond acceptors (Lipinski definition) is 3. The average molecular weight is 234 g/mol. The SMILES string of the molecule is Cc1nc2c(C)c(C(=O)O)c(C(=O)O)cc2[nH]1. The van der Waals surface area contributed by atoms with Crippen LogP contribution in [0.15, 0.2) is 6.07 Å². The molecule has 0 saturated carbocycles. The molecule has 17 heavy (non-hydrogen) atoms. The summed E-state index contributed by atoms with van der Waals surface area (Å²) < 4.78 is 0. The Morgan fingerprint density at radius 3 is 2.41 bits per heavy atom. The van der Waals surface area contributed by atoms with Crippen LogP contribution in [0.5, 0.6) is 0 Å². The number of hydrogen-bond donors (Lipinski definition) is 3. The molecule has 0 aliphatic rings. The van der Waals surface area contributed by atoms with E-state index in [4.69, 9.17) is 10.2 Å². The van der Waals surface area contributed by atoms with E-state index in [0.29, 0.717) is 22.4 Å². The van der Waals surface area contributed by atoms with Crippen molar-refractivity contribution in [2.45, 2.75) is 13.8 Å². The largest absolute Gasteiger partial charge is 0.478 e. The zero-order chi connectivity index (χ0) is 12.7. The third kappa shape index (κ3) is 1.63. The number of carboxylic acid groups (broad SMARTS) is 2. The van der Waals surface area contributed by atoms with Gasteiger partial charge in [-0.1, -0.05) is 0 Å². The van der Waals surface area contributed by atoms with Gasteiger partial charge in [0.05, 0.1) is 22.2 Å². The monoisotopic (exact) mass is 234 g/mol. The molecule has 2 aromatic rings. The van der Waals surface area contributed by atoms with Crippen molar-refractivity contribution < 1.29 is 19.8 Å². The van der Waals surface area contributed by atoms with Crippen LogP contribution in [0, 0.1) is 13.8 Å². The first-order chi connectivity index (χ1) is 7.91. The molecule has 1 aromatic heterocycles. The fourth-order valence-corrected chi connectivity index (χ4v) is 1.88. The molecule has 6 heteroatoms. The summed E-state index contributed by atoms with van der Waals surface area (Å²) in [5, 5.41) is 18.1.